The monoisotopic (exact) mass is 433 g/mol. The summed E-state index contributed by atoms with van der Waals surface area (Å²) in [5.74, 6) is 0.384. The molecular formula is C23H19N3O4S. The zero-order chi connectivity index (χ0) is 21.5. The molecule has 5 rings (SSSR count). The molecule has 0 aliphatic carbocycles. The summed E-state index contributed by atoms with van der Waals surface area (Å²) < 4.78 is 11.6. The van der Waals surface area contributed by atoms with E-state index >= 15 is 0 Å². The third-order valence-electron chi connectivity index (χ3n) is 5.25. The summed E-state index contributed by atoms with van der Waals surface area (Å²) in [4.78, 5) is 28.4. The number of fused-ring (bicyclic) bond motifs is 2. The molecule has 1 atom stereocenters. The van der Waals surface area contributed by atoms with Crippen LogP contribution in [-0.2, 0) is 0 Å². The first kappa shape index (κ1) is 19.4. The topological polar surface area (TPSA) is 85.5 Å². The Hall–Kier alpha value is -3.52. The van der Waals surface area contributed by atoms with E-state index in [2.05, 4.69) is 10.2 Å². The summed E-state index contributed by atoms with van der Waals surface area (Å²) in [5, 5.41) is 8.83. The van der Waals surface area contributed by atoms with Crippen LogP contribution in [0.25, 0.3) is 11.0 Å². The number of anilines is 1. The lowest BCUT2D eigenvalue weighted by atomic mass is 9.98. The first-order valence-corrected chi connectivity index (χ1v) is 10.9. The second kappa shape index (κ2) is 7.63. The van der Waals surface area contributed by atoms with Crippen molar-refractivity contribution in [3.63, 3.8) is 0 Å². The fourth-order valence-electron chi connectivity index (χ4n) is 3.84. The smallest absolute Gasteiger partial charge is 0.297 e. The normalized spacial score (nSPS) is 15.5. The molecule has 1 aliphatic rings. The van der Waals surface area contributed by atoms with Gasteiger partial charge < -0.3 is 9.15 Å². The van der Waals surface area contributed by atoms with Crippen molar-refractivity contribution in [2.45, 2.75) is 26.3 Å². The van der Waals surface area contributed by atoms with Crippen LogP contribution in [-0.4, -0.2) is 22.7 Å². The Morgan fingerprint density at radius 3 is 2.68 bits per heavy atom. The van der Waals surface area contributed by atoms with Crippen LogP contribution in [0.2, 0.25) is 0 Å². The van der Waals surface area contributed by atoms with Gasteiger partial charge in [0.05, 0.1) is 23.6 Å². The van der Waals surface area contributed by atoms with Crippen molar-refractivity contribution in [3.8, 4) is 5.75 Å². The van der Waals surface area contributed by atoms with Crippen molar-refractivity contribution in [1.29, 1.82) is 0 Å². The minimum Gasteiger partial charge on any atom is -0.494 e. The van der Waals surface area contributed by atoms with Crippen LogP contribution in [0.5, 0.6) is 5.75 Å². The second-order valence-corrected chi connectivity index (χ2v) is 8.20. The molecule has 4 aromatic rings. The molecule has 0 N–H and O–H groups in total. The molecule has 1 amide bonds. The molecule has 31 heavy (non-hydrogen) atoms. The summed E-state index contributed by atoms with van der Waals surface area (Å²) in [5.41, 5.74) is 3.77. The highest BCUT2D eigenvalue weighted by Gasteiger charge is 2.44. The number of hydrogen-bond acceptors (Lipinski definition) is 7. The highest BCUT2D eigenvalue weighted by Crippen LogP contribution is 2.41. The van der Waals surface area contributed by atoms with Crippen molar-refractivity contribution in [2.24, 2.45) is 0 Å². The SMILES string of the molecule is CCCOc1ccc([C@@H]2c3c(oc4ccc(C)cc4c3=O)C(=O)N2c2nncs2)cc1. The minimum atomic E-state index is -0.656. The quantitative estimate of drug-likeness (QED) is 0.461. The number of benzene rings is 2. The maximum absolute atomic E-state index is 13.5. The Labute approximate surface area is 181 Å². The van der Waals surface area contributed by atoms with Crippen LogP contribution in [0.3, 0.4) is 0 Å². The summed E-state index contributed by atoms with van der Waals surface area (Å²) in [7, 11) is 0. The van der Waals surface area contributed by atoms with Crippen LogP contribution < -0.4 is 15.1 Å². The van der Waals surface area contributed by atoms with Crippen molar-refractivity contribution >= 4 is 33.3 Å². The zero-order valence-electron chi connectivity index (χ0n) is 17.0. The zero-order valence-corrected chi connectivity index (χ0v) is 17.8. The number of carbonyl (C=O) groups excluding carboxylic acids is 1. The Morgan fingerprint density at radius 1 is 1.16 bits per heavy atom. The fraction of sp³-hybridized carbons (Fsp3) is 0.217. The van der Waals surface area contributed by atoms with Crippen LogP contribution in [0.4, 0.5) is 5.13 Å². The number of hydrogen-bond donors (Lipinski definition) is 0. The summed E-state index contributed by atoms with van der Waals surface area (Å²) >= 11 is 1.23. The number of carbonyl (C=O) groups is 1. The molecule has 3 heterocycles. The molecular weight excluding hydrogens is 414 g/mol. The average Bonchev–Trinajstić information content (AvgIpc) is 3.40. The van der Waals surface area contributed by atoms with Crippen LogP contribution >= 0.6 is 11.3 Å². The van der Waals surface area contributed by atoms with Gasteiger partial charge in [-0.3, -0.25) is 14.5 Å². The van der Waals surface area contributed by atoms with Crippen LogP contribution in [0.15, 0.2) is 57.2 Å². The summed E-state index contributed by atoms with van der Waals surface area (Å²) in [6.07, 6.45) is 0.907. The van der Waals surface area contributed by atoms with E-state index in [-0.39, 0.29) is 11.2 Å². The van der Waals surface area contributed by atoms with E-state index in [1.807, 2.05) is 44.2 Å². The van der Waals surface area contributed by atoms with Crippen molar-refractivity contribution in [1.82, 2.24) is 10.2 Å². The lowest BCUT2D eigenvalue weighted by Crippen LogP contribution is -2.29. The third kappa shape index (κ3) is 3.19. The third-order valence-corrected chi connectivity index (χ3v) is 5.94. The molecule has 2 aromatic heterocycles. The van der Waals surface area contributed by atoms with Gasteiger partial charge in [-0.25, -0.2) is 0 Å². The molecule has 0 radical (unpaired) electrons. The Kier molecular flexibility index (Phi) is 4.78. The highest BCUT2D eigenvalue weighted by atomic mass is 32.1. The molecule has 1 aliphatic heterocycles. The van der Waals surface area contributed by atoms with Crippen molar-refractivity contribution < 1.29 is 13.9 Å². The van der Waals surface area contributed by atoms with E-state index in [9.17, 15) is 9.59 Å². The predicted octanol–water partition coefficient (Wildman–Crippen LogP) is 4.49. The summed E-state index contributed by atoms with van der Waals surface area (Å²) in [6, 6.07) is 12.1. The number of nitrogens with zero attached hydrogens (tertiary/aromatic N) is 3. The van der Waals surface area contributed by atoms with Gasteiger partial charge in [-0.15, -0.1) is 10.2 Å². The van der Waals surface area contributed by atoms with E-state index in [0.29, 0.717) is 28.3 Å². The number of ether oxygens (including phenoxy) is 1. The second-order valence-electron chi connectivity index (χ2n) is 7.39. The first-order chi connectivity index (χ1) is 15.1. The number of amides is 1. The van der Waals surface area contributed by atoms with Crippen molar-refractivity contribution in [3.05, 3.63) is 80.6 Å². The van der Waals surface area contributed by atoms with Gasteiger partial charge >= 0.3 is 0 Å². The van der Waals surface area contributed by atoms with Gasteiger partial charge in [0.1, 0.15) is 16.8 Å². The molecule has 0 unspecified atom stereocenters. The minimum absolute atomic E-state index is 0.0489. The molecule has 0 spiro atoms. The lowest BCUT2D eigenvalue weighted by molar-refractivity contribution is 0.0970. The Bertz CT molecular complexity index is 1330. The van der Waals surface area contributed by atoms with E-state index in [1.54, 1.807) is 17.6 Å². The Morgan fingerprint density at radius 2 is 1.97 bits per heavy atom. The molecule has 0 saturated heterocycles. The number of aryl methyl sites for hydroxylation is 1. The highest BCUT2D eigenvalue weighted by molar-refractivity contribution is 7.13. The number of aromatic nitrogens is 2. The summed E-state index contributed by atoms with van der Waals surface area (Å²) in [6.45, 7) is 4.58. The first-order valence-electron chi connectivity index (χ1n) is 9.98. The molecule has 7 nitrogen and oxygen atoms in total. The van der Waals surface area contributed by atoms with Gasteiger partial charge in [0.25, 0.3) is 5.91 Å². The molecule has 2 aromatic carbocycles. The van der Waals surface area contributed by atoms with E-state index < -0.39 is 11.9 Å². The van der Waals surface area contributed by atoms with Gasteiger partial charge in [0, 0.05) is 0 Å². The number of rotatable bonds is 5. The van der Waals surface area contributed by atoms with E-state index in [0.717, 1.165) is 23.3 Å². The van der Waals surface area contributed by atoms with E-state index in [1.165, 1.54) is 16.2 Å². The van der Waals surface area contributed by atoms with Gasteiger partial charge in [0.15, 0.2) is 5.43 Å². The maximum atomic E-state index is 13.5. The molecule has 156 valence electrons. The maximum Gasteiger partial charge on any atom is 0.297 e. The van der Waals surface area contributed by atoms with Gasteiger partial charge in [0.2, 0.25) is 10.9 Å². The molecule has 8 heteroatoms. The largest absolute Gasteiger partial charge is 0.494 e. The molecule has 0 fully saturated rings. The standard InChI is InChI=1S/C23H19N3O4S/c1-3-10-29-15-7-5-14(6-8-15)19-18-20(27)16-11-13(2)4-9-17(16)30-21(18)22(28)26(19)23-25-24-12-31-23/h4-9,11-12,19H,3,10H2,1-2H3/t19-/m1/s1. The average molecular weight is 433 g/mol. The molecule has 0 bridgehead atoms. The molecule has 0 saturated carbocycles. The van der Waals surface area contributed by atoms with Crippen LogP contribution in [0, 0.1) is 6.92 Å². The fourth-order valence-corrected chi connectivity index (χ4v) is 4.42. The van der Waals surface area contributed by atoms with Gasteiger partial charge in [-0.05, 0) is 43.2 Å². The van der Waals surface area contributed by atoms with Gasteiger partial charge in [-0.1, -0.05) is 42.0 Å². The van der Waals surface area contributed by atoms with Crippen molar-refractivity contribution in [2.75, 3.05) is 11.5 Å². The lowest BCUT2D eigenvalue weighted by Gasteiger charge is -2.22. The van der Waals surface area contributed by atoms with Crippen LogP contribution in [0.1, 0.15) is 46.6 Å². The Balaban J connectivity index is 1.71. The predicted molar refractivity (Wildman–Crippen MR) is 118 cm³/mol. The van der Waals surface area contributed by atoms with Gasteiger partial charge in [-0.2, -0.15) is 0 Å². The van der Waals surface area contributed by atoms with E-state index in [4.69, 9.17) is 9.15 Å².